The van der Waals surface area contributed by atoms with Crippen LogP contribution >= 0.6 is 0 Å². The minimum Gasteiger partial charge on any atom is -0.388 e. The molecule has 1 aromatic rings. The smallest absolute Gasteiger partial charge is 0.163 e. The molecule has 0 amide bonds. The number of nitrogens with zero attached hydrogens (tertiary/aromatic N) is 3. The minimum absolute atomic E-state index is 0.00187. The van der Waals surface area contributed by atoms with Crippen LogP contribution in [-0.4, -0.2) is 26.5 Å². The van der Waals surface area contributed by atoms with Gasteiger partial charge in [-0.3, -0.25) is 0 Å². The van der Waals surface area contributed by atoms with Crippen LogP contribution in [0.25, 0.3) is 0 Å². The summed E-state index contributed by atoms with van der Waals surface area (Å²) in [6.45, 7) is 9.09. The molecular weight excluding hydrogens is 218 g/mol. The highest BCUT2D eigenvalue weighted by Crippen LogP contribution is 2.35. The first-order valence-corrected chi connectivity index (χ1v) is 6.12. The van der Waals surface area contributed by atoms with Gasteiger partial charge < -0.3 is 14.4 Å². The van der Waals surface area contributed by atoms with Crippen LogP contribution in [0.4, 0.5) is 0 Å². The monoisotopic (exact) mass is 239 g/mol. The molecule has 17 heavy (non-hydrogen) atoms. The molecule has 1 aliphatic rings. The summed E-state index contributed by atoms with van der Waals surface area (Å²) < 4.78 is 7.74. The Labute approximate surface area is 102 Å². The van der Waals surface area contributed by atoms with Gasteiger partial charge in [-0.25, -0.2) is 0 Å². The van der Waals surface area contributed by atoms with Crippen LogP contribution < -0.4 is 0 Å². The van der Waals surface area contributed by atoms with E-state index >= 15 is 0 Å². The van der Waals surface area contributed by atoms with Crippen molar-refractivity contribution in [2.24, 2.45) is 5.92 Å². The van der Waals surface area contributed by atoms with Crippen molar-refractivity contribution >= 4 is 0 Å². The van der Waals surface area contributed by atoms with E-state index in [4.69, 9.17) is 4.74 Å². The van der Waals surface area contributed by atoms with Gasteiger partial charge in [0.15, 0.2) is 11.6 Å². The van der Waals surface area contributed by atoms with Crippen LogP contribution in [0.15, 0.2) is 0 Å². The lowest BCUT2D eigenvalue weighted by Gasteiger charge is -2.27. The van der Waals surface area contributed by atoms with Gasteiger partial charge in [0.1, 0.15) is 12.7 Å². The summed E-state index contributed by atoms with van der Waals surface area (Å²) in [5.41, 5.74) is -0.150. The fourth-order valence-electron chi connectivity index (χ4n) is 2.37. The van der Waals surface area contributed by atoms with E-state index in [0.29, 0.717) is 11.7 Å². The van der Waals surface area contributed by atoms with E-state index < -0.39 is 0 Å². The molecule has 0 radical (unpaired) electrons. The Morgan fingerprint density at radius 2 is 2.12 bits per heavy atom. The molecule has 1 fully saturated rings. The Morgan fingerprint density at radius 1 is 1.41 bits per heavy atom. The molecule has 1 N–H and O–H groups in total. The van der Waals surface area contributed by atoms with E-state index in [9.17, 15) is 5.11 Å². The topological polar surface area (TPSA) is 60.2 Å². The lowest BCUT2D eigenvalue weighted by atomic mass is 10.0. The zero-order chi connectivity index (χ0) is 12.6. The summed E-state index contributed by atoms with van der Waals surface area (Å²) >= 11 is 0. The minimum atomic E-state index is -0.150. The zero-order valence-corrected chi connectivity index (χ0v) is 11.0. The van der Waals surface area contributed by atoms with Crippen molar-refractivity contribution in [2.75, 3.05) is 6.61 Å². The van der Waals surface area contributed by atoms with E-state index in [1.165, 1.54) is 0 Å². The van der Waals surface area contributed by atoms with Crippen molar-refractivity contribution in [3.05, 3.63) is 11.6 Å². The molecule has 1 saturated heterocycles. The van der Waals surface area contributed by atoms with Gasteiger partial charge in [-0.15, -0.1) is 10.2 Å². The van der Waals surface area contributed by atoms with Crippen LogP contribution in [0.3, 0.4) is 0 Å². The number of ether oxygens (including phenoxy) is 1. The second-order valence-corrected chi connectivity index (χ2v) is 5.70. The summed E-state index contributed by atoms with van der Waals surface area (Å²) in [6, 6.07) is 0. The van der Waals surface area contributed by atoms with Crippen LogP contribution in [-0.2, 0) is 16.9 Å². The predicted octanol–water partition coefficient (Wildman–Crippen LogP) is 1.62. The molecule has 2 heterocycles. The second-order valence-electron chi connectivity index (χ2n) is 5.70. The first-order chi connectivity index (χ1) is 7.95. The summed E-state index contributed by atoms with van der Waals surface area (Å²) in [6.07, 6.45) is 1.05. The average Bonchev–Trinajstić information content (AvgIpc) is 2.81. The molecule has 1 aromatic heterocycles. The van der Waals surface area contributed by atoms with Gasteiger partial charge in [-0.1, -0.05) is 6.92 Å². The van der Waals surface area contributed by atoms with Crippen LogP contribution in [0, 0.1) is 5.92 Å². The number of aliphatic hydroxyl groups excluding tert-OH is 1. The van der Waals surface area contributed by atoms with Crippen LogP contribution in [0.1, 0.15) is 51.9 Å². The lowest BCUT2D eigenvalue weighted by molar-refractivity contribution is 0.0793. The second kappa shape index (κ2) is 4.38. The van der Waals surface area contributed by atoms with Crippen molar-refractivity contribution in [3.63, 3.8) is 0 Å². The van der Waals surface area contributed by atoms with E-state index in [0.717, 1.165) is 18.9 Å². The molecule has 0 bridgehead atoms. The van der Waals surface area contributed by atoms with Gasteiger partial charge in [-0.2, -0.15) is 0 Å². The molecular formula is C12H21N3O2. The number of hydrogen-bond acceptors (Lipinski definition) is 4. The highest BCUT2D eigenvalue weighted by molar-refractivity contribution is 5.05. The Morgan fingerprint density at radius 3 is 2.59 bits per heavy atom. The maximum Gasteiger partial charge on any atom is 0.163 e. The molecule has 1 aliphatic heterocycles. The molecule has 0 aliphatic carbocycles. The Balaban J connectivity index is 2.44. The molecule has 0 spiro atoms. The molecule has 2 atom stereocenters. The number of hydrogen-bond donors (Lipinski definition) is 1. The van der Waals surface area contributed by atoms with Crippen molar-refractivity contribution < 1.29 is 9.84 Å². The third-order valence-corrected chi connectivity index (χ3v) is 3.21. The predicted molar refractivity (Wildman–Crippen MR) is 63.4 cm³/mol. The number of rotatable bonds is 2. The van der Waals surface area contributed by atoms with Crippen molar-refractivity contribution in [1.29, 1.82) is 0 Å². The van der Waals surface area contributed by atoms with Crippen molar-refractivity contribution in [2.45, 2.75) is 52.4 Å². The summed E-state index contributed by atoms with van der Waals surface area (Å²) in [7, 11) is 0. The van der Waals surface area contributed by atoms with Crippen LogP contribution in [0.5, 0.6) is 0 Å². The highest BCUT2D eigenvalue weighted by atomic mass is 16.5. The summed E-state index contributed by atoms with van der Waals surface area (Å²) in [5.74, 6) is 1.90. The summed E-state index contributed by atoms with van der Waals surface area (Å²) in [4.78, 5) is 0. The quantitative estimate of drug-likeness (QED) is 0.852. The molecule has 2 rings (SSSR count). The van der Waals surface area contributed by atoms with Gasteiger partial charge in [0.2, 0.25) is 0 Å². The van der Waals surface area contributed by atoms with E-state index in [2.05, 4.69) is 37.9 Å². The highest BCUT2D eigenvalue weighted by Gasteiger charge is 2.34. The maximum absolute atomic E-state index is 9.34. The number of aliphatic hydroxyl groups is 1. The third kappa shape index (κ3) is 2.21. The molecule has 5 nitrogen and oxygen atoms in total. The largest absolute Gasteiger partial charge is 0.388 e. The van der Waals surface area contributed by atoms with Gasteiger partial charge in [0, 0.05) is 12.1 Å². The average molecular weight is 239 g/mol. The normalized spacial score (nSPS) is 25.5. The standard InChI is InChI=1S/C12H21N3O2/c1-8-5-6-17-10(8)11-14-13-9(7-16)15(11)12(2,3)4/h8,10,16H,5-7H2,1-4H3. The zero-order valence-electron chi connectivity index (χ0n) is 11.0. The molecule has 0 aromatic carbocycles. The first kappa shape index (κ1) is 12.5. The molecule has 96 valence electrons. The fourth-order valence-corrected chi connectivity index (χ4v) is 2.37. The maximum atomic E-state index is 9.34. The van der Waals surface area contributed by atoms with E-state index in [-0.39, 0.29) is 18.2 Å². The van der Waals surface area contributed by atoms with Gasteiger partial charge >= 0.3 is 0 Å². The van der Waals surface area contributed by atoms with E-state index in [1.54, 1.807) is 0 Å². The van der Waals surface area contributed by atoms with Gasteiger partial charge in [0.05, 0.1) is 0 Å². The third-order valence-electron chi connectivity index (χ3n) is 3.21. The van der Waals surface area contributed by atoms with E-state index in [1.807, 2.05) is 4.57 Å². The van der Waals surface area contributed by atoms with Crippen molar-refractivity contribution in [3.8, 4) is 0 Å². The molecule has 2 unspecified atom stereocenters. The SMILES string of the molecule is CC1CCOC1c1nnc(CO)n1C(C)(C)C. The Hall–Kier alpha value is -0.940. The van der Waals surface area contributed by atoms with Crippen molar-refractivity contribution in [1.82, 2.24) is 14.8 Å². The van der Waals surface area contributed by atoms with Gasteiger partial charge in [0.25, 0.3) is 0 Å². The summed E-state index contributed by atoms with van der Waals surface area (Å²) in [5, 5.41) is 17.6. The first-order valence-electron chi connectivity index (χ1n) is 6.12. The van der Waals surface area contributed by atoms with Gasteiger partial charge in [-0.05, 0) is 33.1 Å². The number of aromatic nitrogens is 3. The fraction of sp³-hybridized carbons (Fsp3) is 0.833. The Kier molecular flexibility index (Phi) is 3.23. The molecule has 0 saturated carbocycles. The lowest BCUT2D eigenvalue weighted by Crippen LogP contribution is -2.28. The Bertz CT molecular complexity index is 395. The van der Waals surface area contributed by atoms with Crippen LogP contribution in [0.2, 0.25) is 0 Å². The molecule has 5 heteroatoms.